The van der Waals surface area contributed by atoms with Crippen LogP contribution >= 0.6 is 11.6 Å². The Morgan fingerprint density at radius 1 is 1.24 bits per heavy atom. The molecule has 0 spiro atoms. The van der Waals surface area contributed by atoms with Gasteiger partial charge in [0.05, 0.1) is 11.4 Å². The van der Waals surface area contributed by atoms with Crippen LogP contribution in [0.1, 0.15) is 18.9 Å². The summed E-state index contributed by atoms with van der Waals surface area (Å²) in [7, 11) is 0. The molecule has 0 aliphatic carbocycles. The summed E-state index contributed by atoms with van der Waals surface area (Å²) in [6.45, 7) is 2.05. The topological polar surface area (TPSA) is 55.3 Å². The van der Waals surface area contributed by atoms with Gasteiger partial charge in [0.25, 0.3) is 0 Å². The molecule has 1 aliphatic heterocycles. The molecule has 21 heavy (non-hydrogen) atoms. The average Bonchev–Trinajstić information content (AvgIpc) is 2.47. The summed E-state index contributed by atoms with van der Waals surface area (Å²) >= 11 is 5.97. The molecule has 2 aromatic rings. The summed E-state index contributed by atoms with van der Waals surface area (Å²) in [5.74, 6) is -0.558. The van der Waals surface area contributed by atoms with E-state index < -0.39 is 5.82 Å². The van der Waals surface area contributed by atoms with Gasteiger partial charge in [-0.2, -0.15) is 0 Å². The van der Waals surface area contributed by atoms with Gasteiger partial charge in [-0.3, -0.25) is 0 Å². The standard InChI is InChI=1S/C16H17ClFN3/c1-9-6-7-10-4-2-3-5-13(10)21(9)16-12(20)8-11(19)14(17)15(16)18/h2-5,8-9H,6-7,19-20H2,1H3. The number of hydrogen-bond acceptors (Lipinski definition) is 3. The Morgan fingerprint density at radius 2 is 1.95 bits per heavy atom. The summed E-state index contributed by atoms with van der Waals surface area (Å²) in [4.78, 5) is 1.93. The van der Waals surface area contributed by atoms with Crippen molar-refractivity contribution in [2.75, 3.05) is 16.4 Å². The third-order valence-electron chi connectivity index (χ3n) is 4.00. The first kappa shape index (κ1) is 14.0. The Kier molecular flexibility index (Phi) is 3.41. The number of nitrogen functional groups attached to an aromatic ring is 2. The van der Waals surface area contributed by atoms with Gasteiger partial charge in [0, 0.05) is 11.7 Å². The third-order valence-corrected chi connectivity index (χ3v) is 4.39. The number of para-hydroxylation sites is 1. The molecule has 0 saturated heterocycles. The van der Waals surface area contributed by atoms with Crippen LogP contribution in [0, 0.1) is 5.82 Å². The van der Waals surface area contributed by atoms with Crippen LogP contribution in [0.3, 0.4) is 0 Å². The van der Waals surface area contributed by atoms with E-state index in [4.69, 9.17) is 23.1 Å². The minimum atomic E-state index is -0.558. The number of nitrogens with two attached hydrogens (primary N) is 2. The first-order valence-corrected chi connectivity index (χ1v) is 7.28. The van der Waals surface area contributed by atoms with Crippen molar-refractivity contribution in [3.63, 3.8) is 0 Å². The molecule has 0 saturated carbocycles. The van der Waals surface area contributed by atoms with Gasteiger partial charge in [0.1, 0.15) is 10.7 Å². The maximum atomic E-state index is 14.6. The second-order valence-electron chi connectivity index (χ2n) is 5.42. The zero-order valence-electron chi connectivity index (χ0n) is 11.7. The van der Waals surface area contributed by atoms with E-state index in [0.29, 0.717) is 11.4 Å². The molecule has 1 unspecified atom stereocenters. The highest BCUT2D eigenvalue weighted by atomic mass is 35.5. The Bertz CT molecular complexity index is 702. The van der Waals surface area contributed by atoms with Crippen LogP contribution in [0.2, 0.25) is 5.02 Å². The minimum absolute atomic E-state index is 0.0746. The number of nitrogens with zero attached hydrogens (tertiary/aromatic N) is 1. The highest BCUT2D eigenvalue weighted by Crippen LogP contribution is 2.43. The number of benzene rings is 2. The predicted molar refractivity (Wildman–Crippen MR) is 86.6 cm³/mol. The monoisotopic (exact) mass is 305 g/mol. The molecule has 3 rings (SSSR count). The van der Waals surface area contributed by atoms with Crippen molar-refractivity contribution < 1.29 is 4.39 Å². The first-order valence-electron chi connectivity index (χ1n) is 6.90. The number of halogens is 2. The maximum Gasteiger partial charge on any atom is 0.169 e. The molecular weight excluding hydrogens is 289 g/mol. The van der Waals surface area contributed by atoms with Crippen molar-refractivity contribution in [1.29, 1.82) is 0 Å². The molecule has 110 valence electrons. The van der Waals surface area contributed by atoms with Gasteiger partial charge in [0.2, 0.25) is 0 Å². The number of rotatable bonds is 1. The summed E-state index contributed by atoms with van der Waals surface area (Å²) < 4.78 is 14.6. The zero-order chi connectivity index (χ0) is 15.1. The van der Waals surface area contributed by atoms with Crippen LogP contribution in [-0.4, -0.2) is 6.04 Å². The normalized spacial score (nSPS) is 17.7. The minimum Gasteiger partial charge on any atom is -0.397 e. The van der Waals surface area contributed by atoms with E-state index >= 15 is 0 Å². The molecule has 1 heterocycles. The molecule has 0 aromatic heterocycles. The van der Waals surface area contributed by atoms with Gasteiger partial charge >= 0.3 is 0 Å². The van der Waals surface area contributed by atoms with E-state index in [9.17, 15) is 4.39 Å². The molecule has 1 atom stereocenters. The molecule has 4 N–H and O–H groups in total. The van der Waals surface area contributed by atoms with Crippen LogP contribution < -0.4 is 16.4 Å². The summed E-state index contributed by atoms with van der Waals surface area (Å²) in [6.07, 6.45) is 1.90. The van der Waals surface area contributed by atoms with Gasteiger partial charge in [0.15, 0.2) is 5.82 Å². The third kappa shape index (κ3) is 2.20. The lowest BCUT2D eigenvalue weighted by molar-refractivity contribution is 0.586. The van der Waals surface area contributed by atoms with E-state index in [0.717, 1.165) is 18.5 Å². The molecular formula is C16H17ClFN3. The number of anilines is 4. The number of aryl methyl sites for hydroxylation is 1. The Hall–Kier alpha value is -1.94. The van der Waals surface area contributed by atoms with Gasteiger partial charge in [-0.05, 0) is 37.5 Å². The molecule has 3 nitrogen and oxygen atoms in total. The predicted octanol–water partition coefficient (Wildman–Crippen LogP) is 4.12. The molecule has 5 heteroatoms. The van der Waals surface area contributed by atoms with Crippen molar-refractivity contribution in [2.45, 2.75) is 25.8 Å². The smallest absolute Gasteiger partial charge is 0.169 e. The van der Waals surface area contributed by atoms with E-state index in [2.05, 4.69) is 13.0 Å². The molecule has 0 bridgehead atoms. The molecule has 0 fully saturated rings. The van der Waals surface area contributed by atoms with Gasteiger partial charge in [-0.25, -0.2) is 4.39 Å². The maximum absolute atomic E-state index is 14.6. The fourth-order valence-corrected chi connectivity index (χ4v) is 3.07. The van der Waals surface area contributed by atoms with Gasteiger partial charge in [-0.1, -0.05) is 29.8 Å². The largest absolute Gasteiger partial charge is 0.397 e. The number of hydrogen-bond donors (Lipinski definition) is 2. The highest BCUT2D eigenvalue weighted by Gasteiger charge is 2.29. The molecule has 0 amide bonds. The molecule has 2 aromatic carbocycles. The van der Waals surface area contributed by atoms with E-state index in [1.54, 1.807) is 0 Å². The Labute approximate surface area is 128 Å². The van der Waals surface area contributed by atoms with Crippen LogP contribution in [0.5, 0.6) is 0 Å². The lowest BCUT2D eigenvalue weighted by atomic mass is 9.95. The quantitative estimate of drug-likeness (QED) is 0.779. The Morgan fingerprint density at radius 3 is 2.71 bits per heavy atom. The highest BCUT2D eigenvalue weighted by molar-refractivity contribution is 6.33. The van der Waals surface area contributed by atoms with Crippen LogP contribution in [0.25, 0.3) is 0 Å². The van der Waals surface area contributed by atoms with Crippen molar-refractivity contribution in [1.82, 2.24) is 0 Å². The fraction of sp³-hybridized carbons (Fsp3) is 0.250. The summed E-state index contributed by atoms with van der Waals surface area (Å²) in [6, 6.07) is 9.62. The van der Waals surface area contributed by atoms with Crippen LogP contribution in [0.4, 0.5) is 27.1 Å². The molecule has 0 radical (unpaired) electrons. The van der Waals surface area contributed by atoms with Crippen molar-refractivity contribution >= 4 is 34.4 Å². The van der Waals surface area contributed by atoms with Crippen molar-refractivity contribution in [3.8, 4) is 0 Å². The van der Waals surface area contributed by atoms with E-state index in [1.807, 2.05) is 23.1 Å². The van der Waals surface area contributed by atoms with Crippen molar-refractivity contribution in [2.24, 2.45) is 0 Å². The molecule has 1 aliphatic rings. The summed E-state index contributed by atoms with van der Waals surface area (Å²) in [5.41, 5.74) is 14.6. The average molecular weight is 306 g/mol. The van der Waals surface area contributed by atoms with Gasteiger partial charge < -0.3 is 16.4 Å². The van der Waals surface area contributed by atoms with Gasteiger partial charge in [-0.15, -0.1) is 0 Å². The van der Waals surface area contributed by atoms with E-state index in [1.165, 1.54) is 11.6 Å². The first-order chi connectivity index (χ1) is 10.0. The Balaban J connectivity index is 2.23. The second kappa shape index (κ2) is 5.11. The summed E-state index contributed by atoms with van der Waals surface area (Å²) in [5, 5.41) is -0.0746. The van der Waals surface area contributed by atoms with E-state index in [-0.39, 0.29) is 16.8 Å². The van der Waals surface area contributed by atoms with Crippen LogP contribution in [-0.2, 0) is 6.42 Å². The van der Waals surface area contributed by atoms with Crippen LogP contribution in [0.15, 0.2) is 30.3 Å². The number of fused-ring (bicyclic) bond motifs is 1. The fourth-order valence-electron chi connectivity index (χ4n) is 2.93. The SMILES string of the molecule is CC1CCc2ccccc2N1c1c(N)cc(N)c(Cl)c1F. The lowest BCUT2D eigenvalue weighted by Gasteiger charge is -2.38. The lowest BCUT2D eigenvalue weighted by Crippen LogP contribution is -2.34. The second-order valence-corrected chi connectivity index (χ2v) is 5.80. The van der Waals surface area contributed by atoms with Crippen molar-refractivity contribution in [3.05, 3.63) is 46.7 Å². The zero-order valence-corrected chi connectivity index (χ0v) is 12.5.